The van der Waals surface area contributed by atoms with E-state index in [-0.39, 0.29) is 11.7 Å². The van der Waals surface area contributed by atoms with Gasteiger partial charge in [-0.2, -0.15) is 4.31 Å². The number of halogens is 2. The molecule has 0 rings (SSSR count). The van der Waals surface area contributed by atoms with Gasteiger partial charge in [0.15, 0.2) is 0 Å². The van der Waals surface area contributed by atoms with Gasteiger partial charge in [0.05, 0.1) is 5.75 Å². The summed E-state index contributed by atoms with van der Waals surface area (Å²) in [5.41, 5.74) is 0. The van der Waals surface area contributed by atoms with Gasteiger partial charge in [-0.3, -0.25) is 0 Å². The molecule has 14 heavy (non-hydrogen) atoms. The van der Waals surface area contributed by atoms with Crippen molar-refractivity contribution in [2.24, 2.45) is 5.92 Å². The Hall–Kier alpha value is 0.490. The second-order valence-corrected chi connectivity index (χ2v) is 6.22. The van der Waals surface area contributed by atoms with Crippen molar-refractivity contribution in [1.82, 2.24) is 4.31 Å². The highest BCUT2D eigenvalue weighted by atomic mass is 35.5. The van der Waals surface area contributed by atoms with Crippen LogP contribution in [0, 0.1) is 5.92 Å². The van der Waals surface area contributed by atoms with E-state index in [1.54, 1.807) is 0 Å². The normalized spacial score (nSPS) is 12.7. The average Bonchev–Trinajstić information content (AvgIpc) is 2.01. The van der Waals surface area contributed by atoms with Crippen LogP contribution in [0.1, 0.15) is 13.8 Å². The predicted molar refractivity (Wildman–Crippen MR) is 61.6 cm³/mol. The van der Waals surface area contributed by atoms with Crippen molar-refractivity contribution in [1.29, 1.82) is 0 Å². The molecule has 0 aromatic carbocycles. The van der Waals surface area contributed by atoms with Crippen LogP contribution in [-0.4, -0.2) is 43.3 Å². The number of hydrogen-bond acceptors (Lipinski definition) is 2. The Bertz CT molecular complexity index is 236. The second kappa shape index (κ2) is 6.88. The van der Waals surface area contributed by atoms with Crippen LogP contribution in [0.3, 0.4) is 0 Å². The SMILES string of the molecule is CC(C)CS(=O)(=O)N(CCCl)CCCl. The van der Waals surface area contributed by atoms with E-state index in [1.165, 1.54) is 4.31 Å². The predicted octanol–water partition coefficient (Wildman–Crippen LogP) is 1.75. The Labute approximate surface area is 96.4 Å². The molecule has 0 amide bonds. The zero-order valence-corrected chi connectivity index (χ0v) is 10.9. The molecule has 0 atom stereocenters. The lowest BCUT2D eigenvalue weighted by atomic mass is 10.3. The van der Waals surface area contributed by atoms with Crippen LogP contribution in [0.2, 0.25) is 0 Å². The fourth-order valence-electron chi connectivity index (χ4n) is 1.11. The summed E-state index contributed by atoms with van der Waals surface area (Å²) < 4.78 is 24.8. The lowest BCUT2D eigenvalue weighted by Gasteiger charge is -2.21. The van der Waals surface area contributed by atoms with Crippen LogP contribution in [0.4, 0.5) is 0 Å². The molecule has 6 heteroatoms. The molecule has 0 aliphatic carbocycles. The molecule has 0 heterocycles. The minimum atomic E-state index is -3.18. The summed E-state index contributed by atoms with van der Waals surface area (Å²) in [5, 5.41) is 0. The number of rotatable bonds is 7. The smallest absolute Gasteiger partial charge is 0.212 e. The minimum Gasteiger partial charge on any atom is -0.212 e. The van der Waals surface area contributed by atoms with Crippen LogP contribution >= 0.6 is 23.2 Å². The van der Waals surface area contributed by atoms with Gasteiger partial charge in [0.1, 0.15) is 0 Å². The number of hydrogen-bond donors (Lipinski definition) is 0. The summed E-state index contributed by atoms with van der Waals surface area (Å²) >= 11 is 11.1. The van der Waals surface area contributed by atoms with E-state index in [1.807, 2.05) is 13.8 Å². The first-order valence-corrected chi connectivity index (χ1v) is 7.21. The third kappa shape index (κ3) is 5.39. The monoisotopic (exact) mass is 261 g/mol. The van der Waals surface area contributed by atoms with Crippen LogP contribution in [-0.2, 0) is 10.0 Å². The minimum absolute atomic E-state index is 0.119. The third-order valence-corrected chi connectivity index (χ3v) is 4.18. The Balaban J connectivity index is 4.45. The third-order valence-electron chi connectivity index (χ3n) is 1.61. The molecule has 0 aromatic rings. The van der Waals surface area contributed by atoms with Gasteiger partial charge < -0.3 is 0 Å². The summed E-state index contributed by atoms with van der Waals surface area (Å²) in [4.78, 5) is 0. The Morgan fingerprint density at radius 3 is 1.86 bits per heavy atom. The van der Waals surface area contributed by atoms with E-state index in [9.17, 15) is 8.42 Å². The maximum absolute atomic E-state index is 11.7. The van der Waals surface area contributed by atoms with Crippen molar-refractivity contribution in [3.05, 3.63) is 0 Å². The number of nitrogens with zero attached hydrogens (tertiary/aromatic N) is 1. The van der Waals surface area contributed by atoms with E-state index < -0.39 is 10.0 Å². The number of alkyl halides is 2. The largest absolute Gasteiger partial charge is 0.214 e. The molecule has 0 radical (unpaired) electrons. The van der Waals surface area contributed by atoms with Gasteiger partial charge in [-0.05, 0) is 5.92 Å². The standard InChI is InChI=1S/C8H17Cl2NO2S/c1-8(2)7-14(12,13)11(5-3-9)6-4-10/h8H,3-7H2,1-2H3. The van der Waals surface area contributed by atoms with Crippen molar-refractivity contribution < 1.29 is 8.42 Å². The molecule has 0 aromatic heterocycles. The summed E-state index contributed by atoms with van der Waals surface area (Å²) in [6.45, 7) is 4.42. The van der Waals surface area contributed by atoms with Gasteiger partial charge in [0, 0.05) is 24.8 Å². The van der Waals surface area contributed by atoms with Gasteiger partial charge in [-0.1, -0.05) is 13.8 Å². The van der Waals surface area contributed by atoms with E-state index in [0.29, 0.717) is 24.8 Å². The lowest BCUT2D eigenvalue weighted by molar-refractivity contribution is 0.442. The first-order chi connectivity index (χ1) is 6.44. The van der Waals surface area contributed by atoms with E-state index in [0.717, 1.165) is 0 Å². The van der Waals surface area contributed by atoms with Crippen molar-refractivity contribution in [2.45, 2.75) is 13.8 Å². The van der Waals surface area contributed by atoms with Crippen LogP contribution in [0.5, 0.6) is 0 Å². The highest BCUT2D eigenvalue weighted by Crippen LogP contribution is 2.07. The zero-order chi connectivity index (χ0) is 11.2. The van der Waals surface area contributed by atoms with Crippen molar-refractivity contribution in [3.63, 3.8) is 0 Å². The molecule has 0 unspecified atom stereocenters. The fraction of sp³-hybridized carbons (Fsp3) is 1.00. The molecule has 0 bridgehead atoms. The average molecular weight is 262 g/mol. The van der Waals surface area contributed by atoms with E-state index >= 15 is 0 Å². The molecule has 86 valence electrons. The van der Waals surface area contributed by atoms with Crippen LogP contribution < -0.4 is 0 Å². The summed E-state index contributed by atoms with van der Waals surface area (Å²) in [5.74, 6) is 0.872. The molecule has 3 nitrogen and oxygen atoms in total. The van der Waals surface area contributed by atoms with Crippen molar-refractivity contribution in [3.8, 4) is 0 Å². The van der Waals surface area contributed by atoms with Gasteiger partial charge in [0.2, 0.25) is 10.0 Å². The zero-order valence-electron chi connectivity index (χ0n) is 8.54. The maximum Gasteiger partial charge on any atom is 0.214 e. The fourth-order valence-corrected chi connectivity index (χ4v) is 3.51. The summed E-state index contributed by atoms with van der Waals surface area (Å²) in [7, 11) is -3.18. The Morgan fingerprint density at radius 2 is 1.57 bits per heavy atom. The topological polar surface area (TPSA) is 37.4 Å². The van der Waals surface area contributed by atoms with Gasteiger partial charge >= 0.3 is 0 Å². The first kappa shape index (κ1) is 14.5. The van der Waals surface area contributed by atoms with Crippen molar-refractivity contribution in [2.75, 3.05) is 30.6 Å². The second-order valence-electron chi connectivity index (χ2n) is 3.45. The molecule has 0 spiro atoms. The Kier molecular flexibility index (Phi) is 7.12. The molecule has 0 fully saturated rings. The maximum atomic E-state index is 11.7. The first-order valence-electron chi connectivity index (χ1n) is 4.53. The van der Waals surface area contributed by atoms with Gasteiger partial charge in [-0.25, -0.2) is 8.42 Å². The molecule has 0 N–H and O–H groups in total. The molecule has 0 aliphatic heterocycles. The van der Waals surface area contributed by atoms with Gasteiger partial charge in [0.25, 0.3) is 0 Å². The molecular formula is C8H17Cl2NO2S. The van der Waals surface area contributed by atoms with Gasteiger partial charge in [-0.15, -0.1) is 23.2 Å². The Morgan fingerprint density at radius 1 is 1.14 bits per heavy atom. The van der Waals surface area contributed by atoms with Crippen LogP contribution in [0.15, 0.2) is 0 Å². The highest BCUT2D eigenvalue weighted by Gasteiger charge is 2.21. The lowest BCUT2D eigenvalue weighted by Crippen LogP contribution is -2.37. The van der Waals surface area contributed by atoms with Crippen molar-refractivity contribution >= 4 is 33.2 Å². The molecule has 0 aliphatic rings. The molecule has 0 saturated heterocycles. The molecular weight excluding hydrogens is 245 g/mol. The quantitative estimate of drug-likeness (QED) is 0.655. The number of sulfonamides is 1. The van der Waals surface area contributed by atoms with E-state index in [4.69, 9.17) is 23.2 Å². The summed E-state index contributed by atoms with van der Waals surface area (Å²) in [6.07, 6.45) is 0. The molecule has 0 saturated carbocycles. The van der Waals surface area contributed by atoms with E-state index in [2.05, 4.69) is 0 Å². The highest BCUT2D eigenvalue weighted by molar-refractivity contribution is 7.89. The summed E-state index contributed by atoms with van der Waals surface area (Å²) in [6, 6.07) is 0. The van der Waals surface area contributed by atoms with Crippen LogP contribution in [0.25, 0.3) is 0 Å².